The summed E-state index contributed by atoms with van der Waals surface area (Å²) < 4.78 is 34.1. The van der Waals surface area contributed by atoms with E-state index in [4.69, 9.17) is 4.74 Å². The van der Waals surface area contributed by atoms with Crippen LogP contribution in [0, 0.1) is 12.8 Å². The Morgan fingerprint density at radius 2 is 1.71 bits per heavy atom. The first kappa shape index (κ1) is 20.0. The van der Waals surface area contributed by atoms with Crippen LogP contribution < -0.4 is 9.46 Å². The molecule has 2 aromatic carbocycles. The zero-order valence-electron chi connectivity index (χ0n) is 16.1. The SMILES string of the molecule is Cc1cccc(Oc2ccc(S(=O)(=O)NC(Cn3nccn3)C(C)C)cc2)c1. The Labute approximate surface area is 165 Å². The second-order valence-electron chi connectivity index (χ2n) is 6.95. The minimum absolute atomic E-state index is 0.0738. The van der Waals surface area contributed by atoms with Gasteiger partial charge in [0.25, 0.3) is 0 Å². The van der Waals surface area contributed by atoms with Gasteiger partial charge in [-0.15, -0.1) is 0 Å². The Hall–Kier alpha value is -2.71. The summed E-state index contributed by atoms with van der Waals surface area (Å²) >= 11 is 0. The summed E-state index contributed by atoms with van der Waals surface area (Å²) in [6.07, 6.45) is 3.14. The second kappa shape index (κ2) is 8.53. The number of aromatic nitrogens is 3. The zero-order chi connectivity index (χ0) is 20.1. The van der Waals surface area contributed by atoms with Crippen LogP contribution in [0.5, 0.6) is 11.5 Å². The highest BCUT2D eigenvalue weighted by atomic mass is 32.2. The average molecular weight is 401 g/mol. The Bertz CT molecular complexity index is 1000. The summed E-state index contributed by atoms with van der Waals surface area (Å²) in [6.45, 7) is 6.25. The van der Waals surface area contributed by atoms with Gasteiger partial charge >= 0.3 is 0 Å². The van der Waals surface area contributed by atoms with Gasteiger partial charge in [-0.25, -0.2) is 13.1 Å². The molecular formula is C20H24N4O3S. The van der Waals surface area contributed by atoms with E-state index in [1.54, 1.807) is 24.5 Å². The topological polar surface area (TPSA) is 86.1 Å². The highest BCUT2D eigenvalue weighted by Gasteiger charge is 2.23. The molecule has 7 nitrogen and oxygen atoms in total. The van der Waals surface area contributed by atoms with Gasteiger partial charge in [0, 0.05) is 6.04 Å². The second-order valence-corrected chi connectivity index (χ2v) is 8.66. The van der Waals surface area contributed by atoms with Crippen LogP contribution in [0.15, 0.2) is 65.8 Å². The molecule has 1 heterocycles. The molecule has 1 N–H and O–H groups in total. The smallest absolute Gasteiger partial charge is 0.240 e. The first-order valence-electron chi connectivity index (χ1n) is 9.04. The summed E-state index contributed by atoms with van der Waals surface area (Å²) in [7, 11) is -3.68. The number of nitrogens with one attached hydrogen (secondary N) is 1. The monoisotopic (exact) mass is 400 g/mol. The van der Waals surface area contributed by atoms with Crippen molar-refractivity contribution in [3.63, 3.8) is 0 Å². The highest BCUT2D eigenvalue weighted by Crippen LogP contribution is 2.24. The predicted molar refractivity (Wildman–Crippen MR) is 107 cm³/mol. The first-order chi connectivity index (χ1) is 13.3. The van der Waals surface area contributed by atoms with Gasteiger partial charge in [0.15, 0.2) is 0 Å². The quantitative estimate of drug-likeness (QED) is 0.626. The lowest BCUT2D eigenvalue weighted by Gasteiger charge is -2.21. The molecule has 0 bridgehead atoms. The number of ether oxygens (including phenoxy) is 1. The van der Waals surface area contributed by atoms with Gasteiger partial charge in [-0.3, -0.25) is 0 Å². The van der Waals surface area contributed by atoms with E-state index in [-0.39, 0.29) is 16.9 Å². The van der Waals surface area contributed by atoms with Gasteiger partial charge in [-0.1, -0.05) is 26.0 Å². The third kappa shape index (κ3) is 5.17. The summed E-state index contributed by atoms with van der Waals surface area (Å²) in [4.78, 5) is 1.66. The molecule has 0 radical (unpaired) electrons. The zero-order valence-corrected chi connectivity index (χ0v) is 16.9. The number of hydrogen-bond acceptors (Lipinski definition) is 5. The normalized spacial score (nSPS) is 12.9. The number of rotatable bonds is 8. The van der Waals surface area contributed by atoms with Gasteiger partial charge in [0.1, 0.15) is 11.5 Å². The first-order valence-corrected chi connectivity index (χ1v) is 10.5. The van der Waals surface area contributed by atoms with E-state index in [2.05, 4.69) is 14.9 Å². The molecule has 0 aliphatic carbocycles. The van der Waals surface area contributed by atoms with Crippen LogP contribution in [0.25, 0.3) is 0 Å². The van der Waals surface area contributed by atoms with Crippen molar-refractivity contribution >= 4 is 10.0 Å². The minimum atomic E-state index is -3.68. The molecule has 0 amide bonds. The lowest BCUT2D eigenvalue weighted by atomic mass is 10.1. The number of benzene rings is 2. The maximum atomic E-state index is 12.8. The number of sulfonamides is 1. The molecule has 8 heteroatoms. The van der Waals surface area contributed by atoms with Crippen LogP contribution in [0.2, 0.25) is 0 Å². The minimum Gasteiger partial charge on any atom is -0.457 e. The molecule has 1 unspecified atom stereocenters. The Morgan fingerprint density at radius 3 is 2.32 bits per heavy atom. The predicted octanol–water partition coefficient (Wildman–Crippen LogP) is 3.38. The van der Waals surface area contributed by atoms with Gasteiger partial charge in [-0.05, 0) is 54.8 Å². The molecule has 28 heavy (non-hydrogen) atoms. The van der Waals surface area contributed by atoms with Crippen LogP contribution in [0.3, 0.4) is 0 Å². The fraction of sp³-hybridized carbons (Fsp3) is 0.300. The van der Waals surface area contributed by atoms with Crippen molar-refractivity contribution in [3.05, 3.63) is 66.5 Å². The molecule has 0 aliphatic heterocycles. The summed E-state index contributed by atoms with van der Waals surface area (Å²) in [5.74, 6) is 1.36. The van der Waals surface area contributed by atoms with Crippen LogP contribution in [-0.4, -0.2) is 29.5 Å². The summed E-state index contributed by atoms with van der Waals surface area (Å²) in [5.41, 5.74) is 1.09. The van der Waals surface area contributed by atoms with Gasteiger partial charge in [0.2, 0.25) is 10.0 Å². The van der Waals surface area contributed by atoms with E-state index in [1.165, 1.54) is 16.9 Å². The number of hydrogen-bond donors (Lipinski definition) is 1. The van der Waals surface area contributed by atoms with Gasteiger partial charge in [0.05, 0.1) is 23.8 Å². The Morgan fingerprint density at radius 1 is 1.04 bits per heavy atom. The maximum absolute atomic E-state index is 12.8. The van der Waals surface area contributed by atoms with Crippen molar-refractivity contribution in [1.29, 1.82) is 0 Å². The Kier molecular flexibility index (Phi) is 6.11. The molecule has 1 atom stereocenters. The van der Waals surface area contributed by atoms with Crippen molar-refractivity contribution in [1.82, 2.24) is 19.7 Å². The standard InChI is InChI=1S/C20H24N4O3S/c1-15(2)20(14-24-21-11-12-22-24)23-28(25,26)19-9-7-17(8-10-19)27-18-6-4-5-16(3)13-18/h4-13,15,20,23H,14H2,1-3H3. The molecular weight excluding hydrogens is 376 g/mol. The molecule has 3 aromatic rings. The van der Waals surface area contributed by atoms with E-state index in [1.807, 2.05) is 45.0 Å². The van der Waals surface area contributed by atoms with Crippen molar-refractivity contribution < 1.29 is 13.2 Å². The summed E-state index contributed by atoms with van der Waals surface area (Å²) in [5, 5.41) is 8.11. The van der Waals surface area contributed by atoms with Crippen molar-refractivity contribution in [3.8, 4) is 11.5 Å². The fourth-order valence-electron chi connectivity index (χ4n) is 2.67. The summed E-state index contributed by atoms with van der Waals surface area (Å²) in [6, 6.07) is 13.7. The lowest BCUT2D eigenvalue weighted by molar-refractivity contribution is 0.361. The molecule has 0 saturated heterocycles. The van der Waals surface area contributed by atoms with Gasteiger partial charge < -0.3 is 4.74 Å². The van der Waals surface area contributed by atoms with E-state index < -0.39 is 10.0 Å². The van der Waals surface area contributed by atoms with Gasteiger partial charge in [-0.2, -0.15) is 15.0 Å². The van der Waals surface area contributed by atoms with Crippen molar-refractivity contribution in [2.75, 3.05) is 0 Å². The molecule has 0 fully saturated rings. The van der Waals surface area contributed by atoms with E-state index in [0.717, 1.165) is 5.56 Å². The third-order valence-electron chi connectivity index (χ3n) is 4.30. The molecule has 148 valence electrons. The maximum Gasteiger partial charge on any atom is 0.240 e. The lowest BCUT2D eigenvalue weighted by Crippen LogP contribution is -2.41. The molecule has 0 aliphatic rings. The largest absolute Gasteiger partial charge is 0.457 e. The van der Waals surface area contributed by atoms with E-state index >= 15 is 0 Å². The molecule has 0 saturated carbocycles. The van der Waals surface area contributed by atoms with Crippen LogP contribution in [-0.2, 0) is 16.6 Å². The number of nitrogens with zero attached hydrogens (tertiary/aromatic N) is 3. The highest BCUT2D eigenvalue weighted by molar-refractivity contribution is 7.89. The van der Waals surface area contributed by atoms with Crippen molar-refractivity contribution in [2.24, 2.45) is 5.92 Å². The van der Waals surface area contributed by atoms with E-state index in [9.17, 15) is 8.42 Å². The third-order valence-corrected chi connectivity index (χ3v) is 5.80. The molecule has 1 aromatic heterocycles. The van der Waals surface area contributed by atoms with Crippen molar-refractivity contribution in [2.45, 2.75) is 38.3 Å². The Balaban J connectivity index is 1.72. The average Bonchev–Trinajstić information content (AvgIpc) is 3.14. The molecule has 0 spiro atoms. The van der Waals surface area contributed by atoms with Crippen LogP contribution in [0.4, 0.5) is 0 Å². The number of aryl methyl sites for hydroxylation is 1. The van der Waals surface area contributed by atoms with Crippen LogP contribution >= 0.6 is 0 Å². The van der Waals surface area contributed by atoms with Crippen LogP contribution in [0.1, 0.15) is 19.4 Å². The van der Waals surface area contributed by atoms with E-state index in [0.29, 0.717) is 18.0 Å². The molecule has 3 rings (SSSR count). The fourth-order valence-corrected chi connectivity index (χ4v) is 4.04.